The van der Waals surface area contributed by atoms with E-state index in [1.807, 2.05) is 0 Å². The van der Waals surface area contributed by atoms with Crippen LogP contribution < -0.4 is 11.1 Å². The minimum atomic E-state index is -0.559. The topological polar surface area (TPSA) is 58.4 Å². The zero-order valence-corrected chi connectivity index (χ0v) is 9.74. The zero-order valence-electron chi connectivity index (χ0n) is 9.74. The van der Waals surface area contributed by atoms with Gasteiger partial charge in [-0.3, -0.25) is 4.79 Å². The summed E-state index contributed by atoms with van der Waals surface area (Å²) in [4.78, 5) is 13.8. The average molecular weight is 223 g/mol. The summed E-state index contributed by atoms with van der Waals surface area (Å²) < 4.78 is 0. The van der Waals surface area contributed by atoms with Crippen molar-refractivity contribution in [1.29, 1.82) is 0 Å². The number of rotatable bonds is 6. The molecule has 0 bridgehead atoms. The van der Waals surface area contributed by atoms with Crippen LogP contribution in [0.1, 0.15) is 25.7 Å². The molecule has 1 saturated heterocycles. The first-order chi connectivity index (χ1) is 7.74. The second-order valence-electron chi connectivity index (χ2n) is 4.21. The van der Waals surface area contributed by atoms with Crippen molar-refractivity contribution in [3.63, 3.8) is 0 Å². The van der Waals surface area contributed by atoms with Gasteiger partial charge in [-0.1, -0.05) is 0 Å². The standard InChI is InChI=1S/C12H21N3O/c1-2-6-11(13)12(16)14-7-5-10-15-8-3-4-9-15/h1,11H,3-10,13H2,(H,14,16). The average Bonchev–Trinajstić information content (AvgIpc) is 2.77. The van der Waals surface area contributed by atoms with E-state index in [4.69, 9.17) is 12.2 Å². The van der Waals surface area contributed by atoms with Crippen molar-refractivity contribution in [2.75, 3.05) is 26.2 Å². The predicted molar refractivity (Wildman–Crippen MR) is 64.7 cm³/mol. The molecule has 1 heterocycles. The van der Waals surface area contributed by atoms with Crippen LogP contribution in [0.5, 0.6) is 0 Å². The Balaban J connectivity index is 2.01. The van der Waals surface area contributed by atoms with Gasteiger partial charge in [0.25, 0.3) is 0 Å². The van der Waals surface area contributed by atoms with E-state index >= 15 is 0 Å². The van der Waals surface area contributed by atoms with Crippen molar-refractivity contribution in [1.82, 2.24) is 10.2 Å². The number of nitrogens with zero attached hydrogens (tertiary/aromatic N) is 1. The first-order valence-electron chi connectivity index (χ1n) is 5.93. The molecule has 0 aromatic rings. The van der Waals surface area contributed by atoms with Crippen LogP contribution in [-0.4, -0.2) is 43.0 Å². The van der Waals surface area contributed by atoms with Crippen molar-refractivity contribution in [3.05, 3.63) is 0 Å². The third kappa shape index (κ3) is 4.65. The smallest absolute Gasteiger partial charge is 0.237 e. The van der Waals surface area contributed by atoms with Crippen molar-refractivity contribution >= 4 is 5.91 Å². The third-order valence-corrected chi connectivity index (χ3v) is 2.82. The van der Waals surface area contributed by atoms with E-state index in [0.717, 1.165) is 13.0 Å². The highest BCUT2D eigenvalue weighted by Crippen LogP contribution is 2.06. The molecule has 1 rings (SSSR count). The van der Waals surface area contributed by atoms with E-state index in [1.165, 1.54) is 25.9 Å². The highest BCUT2D eigenvalue weighted by atomic mass is 16.2. The van der Waals surface area contributed by atoms with Crippen molar-refractivity contribution in [3.8, 4) is 12.3 Å². The molecule has 0 saturated carbocycles. The van der Waals surface area contributed by atoms with Crippen LogP contribution in [-0.2, 0) is 4.79 Å². The Labute approximate surface area is 97.6 Å². The van der Waals surface area contributed by atoms with Gasteiger partial charge in [0.2, 0.25) is 5.91 Å². The van der Waals surface area contributed by atoms with Gasteiger partial charge in [-0.25, -0.2) is 0 Å². The zero-order chi connectivity index (χ0) is 11.8. The molecule has 16 heavy (non-hydrogen) atoms. The lowest BCUT2D eigenvalue weighted by Gasteiger charge is -2.15. The number of amides is 1. The van der Waals surface area contributed by atoms with Crippen LogP contribution in [0.15, 0.2) is 0 Å². The molecule has 0 aromatic carbocycles. The van der Waals surface area contributed by atoms with Gasteiger partial charge in [-0.05, 0) is 38.9 Å². The van der Waals surface area contributed by atoms with Gasteiger partial charge in [0.1, 0.15) is 0 Å². The van der Waals surface area contributed by atoms with Crippen molar-refractivity contribution in [2.45, 2.75) is 31.7 Å². The second-order valence-corrected chi connectivity index (χ2v) is 4.21. The molecule has 0 aliphatic carbocycles. The Morgan fingerprint density at radius 3 is 2.81 bits per heavy atom. The fourth-order valence-electron chi connectivity index (χ4n) is 1.87. The number of nitrogens with one attached hydrogen (secondary N) is 1. The molecule has 0 aromatic heterocycles. The van der Waals surface area contributed by atoms with Crippen LogP contribution >= 0.6 is 0 Å². The van der Waals surface area contributed by atoms with E-state index in [9.17, 15) is 4.79 Å². The third-order valence-electron chi connectivity index (χ3n) is 2.82. The molecule has 3 N–H and O–H groups in total. The molecule has 1 atom stereocenters. The Kier molecular flexibility index (Phi) is 5.91. The summed E-state index contributed by atoms with van der Waals surface area (Å²) in [6.07, 6.45) is 8.98. The Hall–Kier alpha value is -1.05. The van der Waals surface area contributed by atoms with Crippen LogP contribution in [0.2, 0.25) is 0 Å². The number of nitrogens with two attached hydrogens (primary N) is 1. The number of hydrogen-bond acceptors (Lipinski definition) is 3. The normalized spacial score (nSPS) is 18.0. The van der Waals surface area contributed by atoms with Crippen LogP contribution in [0.4, 0.5) is 0 Å². The van der Waals surface area contributed by atoms with Gasteiger partial charge in [-0.15, -0.1) is 12.3 Å². The lowest BCUT2D eigenvalue weighted by molar-refractivity contribution is -0.122. The number of carbonyl (C=O) groups is 1. The van der Waals surface area contributed by atoms with E-state index in [-0.39, 0.29) is 5.91 Å². The van der Waals surface area contributed by atoms with Gasteiger partial charge >= 0.3 is 0 Å². The van der Waals surface area contributed by atoms with Gasteiger partial charge in [0.15, 0.2) is 0 Å². The molecular formula is C12H21N3O. The highest BCUT2D eigenvalue weighted by Gasteiger charge is 2.12. The fraction of sp³-hybridized carbons (Fsp3) is 0.750. The fourth-order valence-corrected chi connectivity index (χ4v) is 1.87. The monoisotopic (exact) mass is 223 g/mol. The molecule has 1 aliphatic heterocycles. The maximum atomic E-state index is 11.4. The number of hydrogen-bond donors (Lipinski definition) is 2. The molecule has 4 nitrogen and oxygen atoms in total. The first kappa shape index (κ1) is 13.0. The summed E-state index contributed by atoms with van der Waals surface area (Å²) in [7, 11) is 0. The lowest BCUT2D eigenvalue weighted by atomic mass is 10.2. The van der Waals surface area contributed by atoms with E-state index in [1.54, 1.807) is 0 Å². The molecule has 1 fully saturated rings. The summed E-state index contributed by atoms with van der Waals surface area (Å²) in [5.41, 5.74) is 5.57. The van der Waals surface area contributed by atoms with Crippen LogP contribution in [0, 0.1) is 12.3 Å². The summed E-state index contributed by atoms with van der Waals surface area (Å²) in [6.45, 7) is 4.15. The van der Waals surface area contributed by atoms with E-state index in [0.29, 0.717) is 13.0 Å². The predicted octanol–water partition coefficient (Wildman–Crippen LogP) is -0.0609. The molecule has 1 aliphatic rings. The Morgan fingerprint density at radius 2 is 2.19 bits per heavy atom. The molecule has 1 unspecified atom stereocenters. The summed E-state index contributed by atoms with van der Waals surface area (Å²) in [5.74, 6) is 2.25. The first-order valence-corrected chi connectivity index (χ1v) is 5.93. The quantitative estimate of drug-likeness (QED) is 0.490. The molecule has 1 amide bonds. The van der Waals surface area contributed by atoms with Crippen molar-refractivity contribution in [2.24, 2.45) is 5.73 Å². The Morgan fingerprint density at radius 1 is 1.50 bits per heavy atom. The highest BCUT2D eigenvalue weighted by molar-refractivity contribution is 5.81. The van der Waals surface area contributed by atoms with Crippen LogP contribution in [0.25, 0.3) is 0 Å². The maximum Gasteiger partial charge on any atom is 0.237 e. The molecule has 4 heteroatoms. The Bertz CT molecular complexity index is 253. The van der Waals surface area contributed by atoms with Gasteiger partial charge < -0.3 is 16.0 Å². The van der Waals surface area contributed by atoms with E-state index in [2.05, 4.69) is 16.1 Å². The summed E-state index contributed by atoms with van der Waals surface area (Å²) >= 11 is 0. The van der Waals surface area contributed by atoms with Crippen LogP contribution in [0.3, 0.4) is 0 Å². The number of terminal acetylenes is 1. The molecule has 90 valence electrons. The molecular weight excluding hydrogens is 202 g/mol. The summed E-state index contributed by atoms with van der Waals surface area (Å²) in [6, 6.07) is -0.559. The number of carbonyl (C=O) groups excluding carboxylic acids is 1. The maximum absolute atomic E-state index is 11.4. The lowest BCUT2D eigenvalue weighted by Crippen LogP contribution is -2.41. The molecule has 0 radical (unpaired) electrons. The van der Waals surface area contributed by atoms with Gasteiger partial charge in [0, 0.05) is 13.0 Å². The minimum Gasteiger partial charge on any atom is -0.355 e. The SMILES string of the molecule is C#CCC(N)C(=O)NCCCN1CCCC1. The summed E-state index contributed by atoms with van der Waals surface area (Å²) in [5, 5.41) is 2.81. The molecule has 0 spiro atoms. The number of likely N-dealkylation sites (tertiary alicyclic amines) is 1. The minimum absolute atomic E-state index is 0.139. The largest absolute Gasteiger partial charge is 0.355 e. The van der Waals surface area contributed by atoms with Crippen molar-refractivity contribution < 1.29 is 4.79 Å². The van der Waals surface area contributed by atoms with Gasteiger partial charge in [-0.2, -0.15) is 0 Å². The second kappa shape index (κ2) is 7.26. The van der Waals surface area contributed by atoms with E-state index < -0.39 is 6.04 Å². The van der Waals surface area contributed by atoms with Gasteiger partial charge in [0.05, 0.1) is 6.04 Å².